The van der Waals surface area contributed by atoms with Crippen LogP contribution < -0.4 is 0 Å². The number of carboxylic acids is 1. The Morgan fingerprint density at radius 3 is 2.83 bits per heavy atom. The summed E-state index contributed by atoms with van der Waals surface area (Å²) in [5, 5.41) is 9.36. The van der Waals surface area contributed by atoms with Crippen LogP contribution in [-0.4, -0.2) is 47.8 Å². The third kappa shape index (κ3) is 2.86. The second-order valence-corrected chi connectivity index (χ2v) is 4.92. The maximum atomic E-state index is 11.4. The highest BCUT2D eigenvalue weighted by molar-refractivity contribution is 5.75. The number of carbonyl (C=O) groups is 1. The number of rotatable bonds is 5. The number of ether oxygens (including phenoxy) is 1. The highest BCUT2D eigenvalue weighted by Crippen LogP contribution is 2.30. The molecule has 1 N–H and O–H groups in total. The lowest BCUT2D eigenvalue weighted by Gasteiger charge is -2.28. The Morgan fingerprint density at radius 2 is 2.28 bits per heavy atom. The van der Waals surface area contributed by atoms with Gasteiger partial charge in [0.2, 0.25) is 0 Å². The molecule has 0 aliphatic carbocycles. The molecule has 98 valence electrons. The summed E-state index contributed by atoms with van der Waals surface area (Å²) in [6.07, 6.45) is 4.08. The van der Waals surface area contributed by atoms with Crippen LogP contribution in [0.25, 0.3) is 0 Å². The zero-order valence-electron chi connectivity index (χ0n) is 10.5. The van der Waals surface area contributed by atoms with E-state index in [-0.39, 0.29) is 0 Å². The van der Waals surface area contributed by atoms with Crippen molar-refractivity contribution in [3.63, 3.8) is 0 Å². The van der Waals surface area contributed by atoms with Crippen LogP contribution in [0.15, 0.2) is 24.5 Å². The Kier molecular flexibility index (Phi) is 3.93. The molecule has 0 aromatic carbocycles. The topological polar surface area (TPSA) is 62.7 Å². The van der Waals surface area contributed by atoms with Crippen molar-refractivity contribution in [3.8, 4) is 0 Å². The molecule has 18 heavy (non-hydrogen) atoms. The van der Waals surface area contributed by atoms with E-state index in [1.54, 1.807) is 12.4 Å². The van der Waals surface area contributed by atoms with Gasteiger partial charge in [-0.15, -0.1) is 0 Å². The van der Waals surface area contributed by atoms with Gasteiger partial charge in [-0.25, -0.2) is 0 Å². The molecular weight excluding hydrogens is 232 g/mol. The molecule has 1 fully saturated rings. The fourth-order valence-corrected chi connectivity index (χ4v) is 2.34. The van der Waals surface area contributed by atoms with Gasteiger partial charge in [0.15, 0.2) is 0 Å². The largest absolute Gasteiger partial charge is 0.481 e. The van der Waals surface area contributed by atoms with E-state index in [0.717, 1.165) is 12.1 Å². The summed E-state index contributed by atoms with van der Waals surface area (Å²) in [4.78, 5) is 17.4. The van der Waals surface area contributed by atoms with Gasteiger partial charge in [0.05, 0.1) is 6.61 Å². The number of carboxylic acid groups (broad SMARTS) is 1. The monoisotopic (exact) mass is 250 g/mol. The lowest BCUT2D eigenvalue weighted by atomic mass is 9.87. The van der Waals surface area contributed by atoms with Crippen LogP contribution >= 0.6 is 0 Å². The van der Waals surface area contributed by atoms with Gasteiger partial charge < -0.3 is 14.7 Å². The van der Waals surface area contributed by atoms with Crippen molar-refractivity contribution in [2.75, 3.05) is 26.8 Å². The van der Waals surface area contributed by atoms with Gasteiger partial charge in [-0.3, -0.25) is 9.78 Å². The van der Waals surface area contributed by atoms with E-state index in [1.807, 2.05) is 24.1 Å². The van der Waals surface area contributed by atoms with Gasteiger partial charge in [-0.05, 0) is 31.2 Å². The third-order valence-electron chi connectivity index (χ3n) is 3.33. The molecule has 1 saturated heterocycles. The van der Waals surface area contributed by atoms with Gasteiger partial charge in [-0.2, -0.15) is 0 Å². The number of nitrogens with zero attached hydrogens (tertiary/aromatic N) is 2. The van der Waals surface area contributed by atoms with Crippen LogP contribution in [0.2, 0.25) is 0 Å². The van der Waals surface area contributed by atoms with Crippen molar-refractivity contribution in [1.82, 2.24) is 9.88 Å². The van der Waals surface area contributed by atoms with Gasteiger partial charge in [0.25, 0.3) is 0 Å². The minimum Gasteiger partial charge on any atom is -0.481 e. The van der Waals surface area contributed by atoms with Gasteiger partial charge in [-0.1, -0.05) is 0 Å². The Hall–Kier alpha value is -1.46. The predicted molar refractivity (Wildman–Crippen MR) is 66.1 cm³/mol. The Bertz CT molecular complexity index is 402. The molecule has 1 aromatic rings. The normalized spacial score (nSPS) is 23.4. The molecule has 0 spiro atoms. The molecule has 1 aliphatic heterocycles. The summed E-state index contributed by atoms with van der Waals surface area (Å²) in [6.45, 7) is 2.07. The molecule has 5 heteroatoms. The zero-order valence-corrected chi connectivity index (χ0v) is 10.5. The van der Waals surface area contributed by atoms with Crippen molar-refractivity contribution in [2.45, 2.75) is 13.0 Å². The van der Waals surface area contributed by atoms with Crippen molar-refractivity contribution < 1.29 is 14.6 Å². The summed E-state index contributed by atoms with van der Waals surface area (Å²) in [5.74, 6) is -0.762. The first kappa shape index (κ1) is 13.0. The van der Waals surface area contributed by atoms with Gasteiger partial charge >= 0.3 is 5.97 Å². The van der Waals surface area contributed by atoms with Crippen LogP contribution in [0.4, 0.5) is 0 Å². The fraction of sp³-hybridized carbons (Fsp3) is 0.538. The van der Waals surface area contributed by atoms with Crippen molar-refractivity contribution in [1.29, 1.82) is 0 Å². The van der Waals surface area contributed by atoms with Crippen LogP contribution in [0.5, 0.6) is 0 Å². The van der Waals surface area contributed by atoms with Crippen molar-refractivity contribution in [3.05, 3.63) is 30.1 Å². The second-order valence-electron chi connectivity index (χ2n) is 4.92. The highest BCUT2D eigenvalue weighted by atomic mass is 16.5. The summed E-state index contributed by atoms with van der Waals surface area (Å²) < 4.78 is 5.26. The first-order valence-corrected chi connectivity index (χ1v) is 6.01. The molecule has 2 heterocycles. The van der Waals surface area contributed by atoms with E-state index in [1.165, 1.54) is 0 Å². The van der Waals surface area contributed by atoms with Crippen LogP contribution in [0.3, 0.4) is 0 Å². The minimum atomic E-state index is -0.762. The maximum Gasteiger partial charge on any atom is 0.313 e. The minimum absolute atomic E-state index is 0.309. The second kappa shape index (κ2) is 5.46. The average molecular weight is 250 g/mol. The highest BCUT2D eigenvalue weighted by Gasteiger charge is 2.43. The quantitative estimate of drug-likeness (QED) is 0.845. The van der Waals surface area contributed by atoms with E-state index < -0.39 is 11.4 Å². The number of hydrogen-bond donors (Lipinski definition) is 1. The lowest BCUT2D eigenvalue weighted by molar-refractivity contribution is -0.150. The van der Waals surface area contributed by atoms with Gasteiger partial charge in [0, 0.05) is 32.1 Å². The van der Waals surface area contributed by atoms with Crippen LogP contribution in [0, 0.1) is 5.41 Å². The van der Waals surface area contributed by atoms with Crippen molar-refractivity contribution >= 4 is 5.97 Å². The molecule has 1 unspecified atom stereocenters. The molecule has 5 nitrogen and oxygen atoms in total. The standard InChI is InChI=1S/C13H18N2O3/c1-15(8-11-2-5-14-6-3-11)9-13(12(16)17)4-7-18-10-13/h2-3,5-6H,4,7-10H2,1H3,(H,16,17). The fourth-order valence-electron chi connectivity index (χ4n) is 2.34. The number of aromatic nitrogens is 1. The molecule has 1 aromatic heterocycles. The van der Waals surface area contributed by atoms with E-state index in [4.69, 9.17) is 4.74 Å². The Balaban J connectivity index is 1.98. The number of aliphatic carboxylic acids is 1. The van der Waals surface area contributed by atoms with E-state index in [0.29, 0.717) is 26.2 Å². The van der Waals surface area contributed by atoms with E-state index in [9.17, 15) is 9.90 Å². The average Bonchev–Trinajstić information content (AvgIpc) is 2.80. The summed E-state index contributed by atoms with van der Waals surface area (Å²) >= 11 is 0. The number of pyridine rings is 1. The molecule has 0 radical (unpaired) electrons. The first-order chi connectivity index (χ1) is 8.62. The molecule has 0 saturated carbocycles. The van der Waals surface area contributed by atoms with Crippen LogP contribution in [-0.2, 0) is 16.1 Å². The number of hydrogen-bond acceptors (Lipinski definition) is 4. The molecule has 2 rings (SSSR count). The Labute approximate surface area is 106 Å². The molecule has 1 atom stereocenters. The maximum absolute atomic E-state index is 11.4. The van der Waals surface area contributed by atoms with Gasteiger partial charge in [0.1, 0.15) is 5.41 Å². The summed E-state index contributed by atoms with van der Waals surface area (Å²) in [5.41, 5.74) is 0.383. The summed E-state index contributed by atoms with van der Waals surface area (Å²) in [7, 11) is 1.93. The zero-order chi connectivity index (χ0) is 13.0. The smallest absolute Gasteiger partial charge is 0.313 e. The first-order valence-electron chi connectivity index (χ1n) is 6.01. The Morgan fingerprint density at radius 1 is 1.56 bits per heavy atom. The molecular formula is C13H18N2O3. The molecule has 0 amide bonds. The molecule has 1 aliphatic rings. The molecule has 0 bridgehead atoms. The SMILES string of the molecule is CN(Cc1ccncc1)CC1(C(=O)O)CCOC1. The lowest BCUT2D eigenvalue weighted by Crippen LogP contribution is -2.42. The summed E-state index contributed by atoms with van der Waals surface area (Å²) in [6, 6.07) is 3.88. The van der Waals surface area contributed by atoms with Crippen molar-refractivity contribution in [2.24, 2.45) is 5.41 Å². The van der Waals surface area contributed by atoms with E-state index >= 15 is 0 Å². The predicted octanol–water partition coefficient (Wildman–Crippen LogP) is 1.00. The van der Waals surface area contributed by atoms with Crippen LogP contribution in [0.1, 0.15) is 12.0 Å². The van der Waals surface area contributed by atoms with E-state index in [2.05, 4.69) is 4.98 Å². The third-order valence-corrected chi connectivity index (χ3v) is 3.33.